The number of carbonyl (C=O) groups is 1. The third-order valence-electron chi connectivity index (χ3n) is 6.26. The molecular formula is C26H30NO3Y-. The van der Waals surface area contributed by atoms with Crippen LogP contribution in [0, 0.1) is 43.9 Å². The number of nitrogens with zero attached hydrogens (tertiary/aromatic N) is 1. The minimum Gasteiger partial charge on any atom is -0.493 e. The second-order valence-electron chi connectivity index (χ2n) is 8.25. The zero-order valence-electron chi connectivity index (χ0n) is 18.5. The minimum atomic E-state index is -0.110. The van der Waals surface area contributed by atoms with Gasteiger partial charge in [-0.3, -0.25) is 4.79 Å². The molecule has 2 aromatic carbocycles. The van der Waals surface area contributed by atoms with Crippen molar-refractivity contribution in [1.82, 2.24) is 0 Å². The first-order valence-corrected chi connectivity index (χ1v) is 10.6. The molecule has 3 rings (SSSR count). The zero-order valence-corrected chi connectivity index (χ0v) is 21.3. The van der Waals surface area contributed by atoms with Crippen LogP contribution in [0.25, 0.3) is 0 Å². The Hall–Kier alpha value is -1.54. The van der Waals surface area contributed by atoms with E-state index >= 15 is 0 Å². The Morgan fingerprint density at radius 2 is 1.94 bits per heavy atom. The van der Waals surface area contributed by atoms with Crippen molar-refractivity contribution >= 4 is 5.78 Å². The third kappa shape index (κ3) is 6.25. The van der Waals surface area contributed by atoms with E-state index in [1.54, 1.807) is 0 Å². The number of ketones is 1. The van der Waals surface area contributed by atoms with E-state index in [9.17, 15) is 15.2 Å². The minimum absolute atomic E-state index is 0. The average Bonchev–Trinajstić information content (AvgIpc) is 3.08. The van der Waals surface area contributed by atoms with Gasteiger partial charge >= 0.3 is 0 Å². The van der Waals surface area contributed by atoms with Crippen LogP contribution < -0.4 is 4.74 Å². The Labute approximate surface area is 210 Å². The molecule has 5 heteroatoms. The Kier molecular flexibility index (Phi) is 9.88. The molecule has 2 atom stereocenters. The molecule has 161 valence electrons. The van der Waals surface area contributed by atoms with Crippen LogP contribution in [0.5, 0.6) is 5.75 Å². The molecule has 1 aliphatic carbocycles. The van der Waals surface area contributed by atoms with Crippen LogP contribution in [-0.2, 0) is 56.8 Å². The average molecular weight is 493 g/mol. The maximum Gasteiger partial charge on any atom is 0.139 e. The number of nitriles is 1. The molecule has 0 amide bonds. The summed E-state index contributed by atoms with van der Waals surface area (Å²) in [7, 11) is 0. The predicted octanol–water partition coefficient (Wildman–Crippen LogP) is 4.30. The summed E-state index contributed by atoms with van der Waals surface area (Å²) in [5.41, 5.74) is 6.14. The van der Waals surface area contributed by atoms with Gasteiger partial charge < -0.3 is 16.8 Å². The standard InChI is InChI=1S/C26H30NO3.Y/c1-4-20-13-19(5-6-22(20)15-27)14-21-7-8-26(29)25(21)16-30-23-11-17(2)24(9-10-28)18(3)12-23;/h5-6,11-13,21,25,28H,1,4,7-10,14,16H2,2-3H3;/q-1;/t21-,25-;/m1./s1. The molecule has 1 fully saturated rings. The van der Waals surface area contributed by atoms with Crippen molar-refractivity contribution in [2.75, 3.05) is 13.2 Å². The van der Waals surface area contributed by atoms with Crippen molar-refractivity contribution < 1.29 is 47.3 Å². The smallest absolute Gasteiger partial charge is 0.139 e. The van der Waals surface area contributed by atoms with E-state index < -0.39 is 0 Å². The quantitative estimate of drug-likeness (QED) is 0.557. The van der Waals surface area contributed by atoms with Crippen molar-refractivity contribution in [2.45, 2.75) is 46.0 Å². The number of rotatable bonds is 8. The largest absolute Gasteiger partial charge is 0.493 e. The van der Waals surface area contributed by atoms with Gasteiger partial charge in [-0.05, 0) is 79.5 Å². The van der Waals surface area contributed by atoms with Crippen LogP contribution >= 0.6 is 0 Å². The molecule has 31 heavy (non-hydrogen) atoms. The summed E-state index contributed by atoms with van der Waals surface area (Å²) >= 11 is 0. The van der Waals surface area contributed by atoms with Crippen LogP contribution in [0.1, 0.15) is 46.2 Å². The first-order valence-electron chi connectivity index (χ1n) is 10.6. The van der Waals surface area contributed by atoms with Crippen molar-refractivity contribution in [2.24, 2.45) is 11.8 Å². The molecule has 0 saturated heterocycles. The summed E-state index contributed by atoms with van der Waals surface area (Å²) in [6.45, 7) is 8.49. The predicted molar refractivity (Wildman–Crippen MR) is 117 cm³/mol. The van der Waals surface area contributed by atoms with Crippen LogP contribution in [0.3, 0.4) is 0 Å². The fraction of sp³-hybridized carbons (Fsp3) is 0.423. The first kappa shape index (κ1) is 25.7. The second-order valence-corrected chi connectivity index (χ2v) is 8.25. The SMILES string of the molecule is [CH2-]Cc1cc(C[C@H]2CCC(=O)[C@@H]2COc2cc(C)c(CCO)c(C)c2)ccc1C#N.[Y]. The number of carbonyl (C=O) groups excluding carboxylic acids is 1. The fourth-order valence-electron chi connectivity index (χ4n) is 4.57. The molecule has 0 bridgehead atoms. The van der Waals surface area contributed by atoms with Gasteiger partial charge in [-0.1, -0.05) is 17.7 Å². The van der Waals surface area contributed by atoms with E-state index in [0.717, 1.165) is 46.4 Å². The van der Waals surface area contributed by atoms with E-state index in [0.29, 0.717) is 31.4 Å². The van der Waals surface area contributed by atoms with Crippen molar-refractivity contribution in [3.05, 3.63) is 70.6 Å². The second kappa shape index (κ2) is 11.9. The number of hydrogen-bond donors (Lipinski definition) is 1. The van der Waals surface area contributed by atoms with Crippen molar-refractivity contribution in [3.63, 3.8) is 0 Å². The van der Waals surface area contributed by atoms with Crippen LogP contribution in [0.15, 0.2) is 30.3 Å². The number of Topliss-reactive ketones (excluding diaryl/α,β-unsaturated/α-hetero) is 1. The van der Waals surface area contributed by atoms with Gasteiger partial charge in [0.2, 0.25) is 0 Å². The first-order chi connectivity index (χ1) is 14.5. The van der Waals surface area contributed by atoms with Gasteiger partial charge in [0.15, 0.2) is 0 Å². The Balaban J connectivity index is 0.00000341. The van der Waals surface area contributed by atoms with Gasteiger partial charge in [0, 0.05) is 45.7 Å². The van der Waals surface area contributed by atoms with Gasteiger partial charge in [-0.2, -0.15) is 11.7 Å². The molecular weight excluding hydrogens is 463 g/mol. The number of aliphatic hydroxyl groups is 1. The topological polar surface area (TPSA) is 70.3 Å². The summed E-state index contributed by atoms with van der Waals surface area (Å²) in [6.07, 6.45) is 3.51. The van der Waals surface area contributed by atoms with Gasteiger partial charge in [0.1, 0.15) is 11.5 Å². The maximum absolute atomic E-state index is 12.5. The summed E-state index contributed by atoms with van der Waals surface area (Å²) in [6, 6.07) is 12.1. The number of ether oxygens (including phenoxy) is 1. The molecule has 0 heterocycles. The van der Waals surface area contributed by atoms with Crippen LogP contribution in [0.4, 0.5) is 0 Å². The normalized spacial score (nSPS) is 17.8. The van der Waals surface area contributed by atoms with Gasteiger partial charge in [0.05, 0.1) is 24.2 Å². The van der Waals surface area contributed by atoms with E-state index in [-0.39, 0.29) is 56.9 Å². The fourth-order valence-corrected chi connectivity index (χ4v) is 4.57. The summed E-state index contributed by atoms with van der Waals surface area (Å²) in [5, 5.41) is 18.5. The molecule has 2 aromatic rings. The number of aryl methyl sites for hydroxylation is 2. The Morgan fingerprint density at radius 3 is 2.55 bits per heavy atom. The third-order valence-corrected chi connectivity index (χ3v) is 6.26. The zero-order chi connectivity index (χ0) is 21.7. The van der Waals surface area contributed by atoms with E-state index in [1.807, 2.05) is 38.1 Å². The molecule has 0 spiro atoms. The monoisotopic (exact) mass is 493 g/mol. The Bertz CT molecular complexity index is 941. The molecule has 0 aliphatic heterocycles. The molecule has 1 N–H and O–H groups in total. The van der Waals surface area contributed by atoms with Crippen molar-refractivity contribution in [1.29, 1.82) is 5.26 Å². The number of hydrogen-bond acceptors (Lipinski definition) is 4. The molecule has 4 nitrogen and oxygen atoms in total. The van der Waals surface area contributed by atoms with Crippen LogP contribution in [-0.4, -0.2) is 24.1 Å². The molecule has 0 unspecified atom stereocenters. The van der Waals surface area contributed by atoms with E-state index in [4.69, 9.17) is 4.74 Å². The summed E-state index contributed by atoms with van der Waals surface area (Å²) in [4.78, 5) is 12.5. The van der Waals surface area contributed by atoms with E-state index in [2.05, 4.69) is 19.1 Å². The molecule has 1 aliphatic rings. The van der Waals surface area contributed by atoms with E-state index in [1.165, 1.54) is 0 Å². The van der Waals surface area contributed by atoms with Crippen molar-refractivity contribution in [3.8, 4) is 11.8 Å². The van der Waals surface area contributed by atoms with Crippen LogP contribution in [0.2, 0.25) is 0 Å². The maximum atomic E-state index is 12.5. The molecule has 1 saturated carbocycles. The number of aliphatic hydroxyl groups excluding tert-OH is 1. The summed E-state index contributed by atoms with van der Waals surface area (Å²) < 4.78 is 6.07. The van der Waals surface area contributed by atoms with Gasteiger partial charge in [-0.15, -0.1) is 0 Å². The molecule has 1 radical (unpaired) electrons. The Morgan fingerprint density at radius 1 is 1.23 bits per heavy atom. The van der Waals surface area contributed by atoms with Gasteiger partial charge in [0.25, 0.3) is 0 Å². The summed E-state index contributed by atoms with van der Waals surface area (Å²) in [5.74, 6) is 1.19. The molecule has 0 aromatic heterocycles. The van der Waals surface area contributed by atoms with Gasteiger partial charge in [-0.25, -0.2) is 0 Å². The number of benzene rings is 2.